The molecule has 2 fully saturated rings. The van der Waals surface area contributed by atoms with Gasteiger partial charge in [-0.3, -0.25) is 4.79 Å². The number of benzene rings is 1. The van der Waals surface area contributed by atoms with E-state index in [1.54, 1.807) is 4.90 Å². The smallest absolute Gasteiger partial charge is 0.327 e. The highest BCUT2D eigenvalue weighted by atomic mass is 19.4. The number of nitriles is 1. The Labute approximate surface area is 150 Å². The lowest BCUT2D eigenvalue weighted by atomic mass is 10.0. The van der Waals surface area contributed by atoms with Gasteiger partial charge in [0.2, 0.25) is 5.91 Å². The molecule has 0 spiro atoms. The molecule has 1 amide bonds. The molecule has 2 aliphatic rings. The highest BCUT2D eigenvalue weighted by Crippen LogP contribution is 2.41. The first-order valence-corrected chi connectivity index (χ1v) is 8.92. The number of carbonyl (C=O) groups excluding carboxylic acids is 1. The van der Waals surface area contributed by atoms with Crippen LogP contribution in [0.4, 0.5) is 13.2 Å². The van der Waals surface area contributed by atoms with Crippen molar-refractivity contribution in [3.63, 3.8) is 0 Å². The van der Waals surface area contributed by atoms with Gasteiger partial charge in [-0.2, -0.15) is 18.4 Å². The fourth-order valence-electron chi connectivity index (χ4n) is 4.30. The molecular formula is C19H22F3N3O. The molecule has 26 heavy (non-hydrogen) atoms. The predicted octanol–water partition coefficient (Wildman–Crippen LogP) is 3.26. The molecule has 7 heteroatoms. The van der Waals surface area contributed by atoms with Crippen LogP contribution in [0, 0.1) is 17.2 Å². The molecule has 0 unspecified atom stereocenters. The van der Waals surface area contributed by atoms with Crippen molar-refractivity contribution in [2.45, 2.75) is 62.8 Å². The van der Waals surface area contributed by atoms with Gasteiger partial charge in [0.1, 0.15) is 6.04 Å². The van der Waals surface area contributed by atoms with Crippen molar-refractivity contribution >= 4 is 5.91 Å². The van der Waals surface area contributed by atoms with E-state index in [-0.39, 0.29) is 24.4 Å². The molecule has 1 aliphatic carbocycles. The maximum absolute atomic E-state index is 12.7. The van der Waals surface area contributed by atoms with Gasteiger partial charge in [0.15, 0.2) is 0 Å². The standard InChI is InChI=1S/C19H22F3N3O/c20-19(21,22)14-6-4-12(5-7-14)8-15(24)10-18(26)25-16(11-23)9-13-2-1-3-17(13)25/h4-7,13,15-17H,1-3,8-10,24H2/t13-,15+,16-,17-/m0/s1. The maximum Gasteiger partial charge on any atom is 0.416 e. The van der Waals surface area contributed by atoms with Crippen molar-refractivity contribution < 1.29 is 18.0 Å². The summed E-state index contributed by atoms with van der Waals surface area (Å²) in [5.74, 6) is 0.292. The molecule has 1 aliphatic heterocycles. The number of fused-ring (bicyclic) bond motifs is 1. The lowest BCUT2D eigenvalue weighted by Gasteiger charge is -2.27. The highest BCUT2D eigenvalue weighted by molar-refractivity contribution is 5.78. The Hall–Kier alpha value is -2.07. The van der Waals surface area contributed by atoms with Crippen LogP contribution in [0.5, 0.6) is 0 Å². The monoisotopic (exact) mass is 365 g/mol. The second-order valence-corrected chi connectivity index (χ2v) is 7.30. The molecule has 1 saturated carbocycles. The molecule has 0 radical (unpaired) electrons. The summed E-state index contributed by atoms with van der Waals surface area (Å²) in [6.07, 6.45) is -0.134. The van der Waals surface area contributed by atoms with Crippen LogP contribution in [0.25, 0.3) is 0 Å². The maximum atomic E-state index is 12.7. The number of hydrogen-bond donors (Lipinski definition) is 1. The average Bonchev–Trinajstić information content (AvgIpc) is 3.14. The van der Waals surface area contributed by atoms with E-state index in [9.17, 15) is 23.2 Å². The van der Waals surface area contributed by atoms with E-state index in [1.165, 1.54) is 12.1 Å². The predicted molar refractivity (Wildman–Crippen MR) is 89.7 cm³/mol. The van der Waals surface area contributed by atoms with Crippen molar-refractivity contribution in [1.82, 2.24) is 4.90 Å². The third-order valence-corrected chi connectivity index (χ3v) is 5.49. The number of halogens is 3. The van der Waals surface area contributed by atoms with Crippen LogP contribution in [0.3, 0.4) is 0 Å². The van der Waals surface area contributed by atoms with E-state index < -0.39 is 17.8 Å². The number of alkyl halides is 3. The number of carbonyl (C=O) groups is 1. The first-order valence-electron chi connectivity index (χ1n) is 8.92. The van der Waals surface area contributed by atoms with E-state index in [2.05, 4.69) is 6.07 Å². The summed E-state index contributed by atoms with van der Waals surface area (Å²) in [4.78, 5) is 14.4. The van der Waals surface area contributed by atoms with Gasteiger partial charge >= 0.3 is 6.18 Å². The third-order valence-electron chi connectivity index (χ3n) is 5.49. The summed E-state index contributed by atoms with van der Waals surface area (Å²) in [6.45, 7) is 0. The Morgan fingerprint density at radius 3 is 2.62 bits per heavy atom. The molecule has 1 aromatic rings. The van der Waals surface area contributed by atoms with Gasteiger partial charge in [-0.15, -0.1) is 0 Å². The first-order chi connectivity index (χ1) is 12.3. The average molecular weight is 365 g/mol. The molecule has 4 nitrogen and oxygen atoms in total. The number of nitrogens with zero attached hydrogens (tertiary/aromatic N) is 2. The van der Waals surface area contributed by atoms with Crippen LogP contribution < -0.4 is 5.73 Å². The molecule has 0 aromatic heterocycles. The number of amides is 1. The van der Waals surface area contributed by atoms with E-state index in [4.69, 9.17) is 5.73 Å². The molecular weight excluding hydrogens is 343 g/mol. The van der Waals surface area contributed by atoms with Gasteiger partial charge in [0.05, 0.1) is 11.6 Å². The van der Waals surface area contributed by atoms with E-state index in [0.29, 0.717) is 17.9 Å². The SMILES string of the molecule is N#C[C@@H]1C[C@@H]2CCC[C@@H]2N1C(=O)C[C@H](N)Cc1ccc(C(F)(F)F)cc1. The van der Waals surface area contributed by atoms with Crippen molar-refractivity contribution in [1.29, 1.82) is 5.26 Å². The molecule has 1 saturated heterocycles. The molecule has 0 bridgehead atoms. The first kappa shape index (κ1) is 18.7. The summed E-state index contributed by atoms with van der Waals surface area (Å²) in [5, 5.41) is 9.33. The lowest BCUT2D eigenvalue weighted by molar-refractivity contribution is -0.137. The van der Waals surface area contributed by atoms with E-state index in [1.807, 2.05) is 0 Å². The second-order valence-electron chi connectivity index (χ2n) is 7.30. The zero-order valence-electron chi connectivity index (χ0n) is 14.4. The zero-order chi connectivity index (χ0) is 18.9. The number of hydrogen-bond acceptors (Lipinski definition) is 3. The number of rotatable bonds is 4. The molecule has 3 rings (SSSR count). The van der Waals surface area contributed by atoms with Gasteiger partial charge in [0.25, 0.3) is 0 Å². The molecule has 2 N–H and O–H groups in total. The Morgan fingerprint density at radius 2 is 2.00 bits per heavy atom. The largest absolute Gasteiger partial charge is 0.416 e. The van der Waals surface area contributed by atoms with Crippen LogP contribution in [0.1, 0.15) is 43.2 Å². The van der Waals surface area contributed by atoms with Gasteiger partial charge in [0, 0.05) is 18.5 Å². The van der Waals surface area contributed by atoms with Crippen molar-refractivity contribution in [2.75, 3.05) is 0 Å². The quantitative estimate of drug-likeness (QED) is 0.890. The van der Waals surface area contributed by atoms with Crippen LogP contribution >= 0.6 is 0 Å². The minimum atomic E-state index is -4.36. The van der Waals surface area contributed by atoms with E-state index in [0.717, 1.165) is 37.8 Å². The van der Waals surface area contributed by atoms with E-state index >= 15 is 0 Å². The number of nitrogens with two attached hydrogens (primary N) is 1. The molecule has 1 heterocycles. The molecule has 140 valence electrons. The summed E-state index contributed by atoms with van der Waals surface area (Å²) in [6, 6.07) is 6.35. The van der Waals surface area contributed by atoms with Crippen molar-refractivity contribution in [3.05, 3.63) is 35.4 Å². The van der Waals surface area contributed by atoms with Crippen molar-refractivity contribution in [3.8, 4) is 6.07 Å². The topological polar surface area (TPSA) is 70.1 Å². The molecule has 4 atom stereocenters. The van der Waals surface area contributed by atoms with Crippen LogP contribution in [-0.2, 0) is 17.4 Å². The summed E-state index contributed by atoms with van der Waals surface area (Å²) in [7, 11) is 0. The second kappa shape index (κ2) is 7.28. The highest BCUT2D eigenvalue weighted by Gasteiger charge is 2.45. The fourth-order valence-corrected chi connectivity index (χ4v) is 4.30. The Kier molecular flexibility index (Phi) is 5.24. The fraction of sp³-hybridized carbons (Fsp3) is 0.579. The minimum Gasteiger partial charge on any atom is -0.327 e. The number of likely N-dealkylation sites (tertiary alicyclic amines) is 1. The minimum absolute atomic E-state index is 0.0996. The Bertz CT molecular complexity index is 695. The summed E-state index contributed by atoms with van der Waals surface area (Å²) >= 11 is 0. The van der Waals surface area contributed by atoms with Gasteiger partial charge < -0.3 is 10.6 Å². The van der Waals surface area contributed by atoms with Crippen LogP contribution in [0.2, 0.25) is 0 Å². The van der Waals surface area contributed by atoms with Gasteiger partial charge in [-0.25, -0.2) is 0 Å². The van der Waals surface area contributed by atoms with Crippen LogP contribution in [-0.4, -0.2) is 28.9 Å². The van der Waals surface area contributed by atoms with Gasteiger partial charge in [-0.1, -0.05) is 18.6 Å². The Balaban J connectivity index is 1.60. The molecule has 1 aromatic carbocycles. The van der Waals surface area contributed by atoms with Crippen LogP contribution in [0.15, 0.2) is 24.3 Å². The normalized spacial score (nSPS) is 26.4. The summed E-state index contributed by atoms with van der Waals surface area (Å²) < 4.78 is 37.8. The lowest BCUT2D eigenvalue weighted by Crippen LogP contribution is -2.43. The van der Waals surface area contributed by atoms with Crippen molar-refractivity contribution in [2.24, 2.45) is 11.7 Å². The summed E-state index contributed by atoms with van der Waals surface area (Å²) in [5.41, 5.74) is 6.03. The van der Waals surface area contributed by atoms with Gasteiger partial charge in [-0.05, 0) is 49.3 Å². The zero-order valence-corrected chi connectivity index (χ0v) is 14.4. The third kappa shape index (κ3) is 3.85. The Morgan fingerprint density at radius 1 is 1.31 bits per heavy atom.